The van der Waals surface area contributed by atoms with Gasteiger partial charge in [-0.15, -0.1) is 0 Å². The highest BCUT2D eigenvalue weighted by Gasteiger charge is 2.10. The molecule has 0 unspecified atom stereocenters. The van der Waals surface area contributed by atoms with E-state index in [-0.39, 0.29) is 17.0 Å². The first kappa shape index (κ1) is 17.1. The van der Waals surface area contributed by atoms with Crippen molar-refractivity contribution < 1.29 is 14.4 Å². The summed E-state index contributed by atoms with van der Waals surface area (Å²) < 4.78 is 0. The van der Waals surface area contributed by atoms with Crippen LogP contribution in [0.5, 0.6) is 0 Å². The maximum absolute atomic E-state index is 12.2. The first-order valence-electron chi connectivity index (χ1n) is 7.47. The zero-order valence-electron chi connectivity index (χ0n) is 13.2. The number of pyridine rings is 1. The molecule has 0 saturated heterocycles. The molecule has 2 aromatic rings. The zero-order valence-corrected chi connectivity index (χ0v) is 13.2. The number of carbonyl (C=O) groups excluding carboxylic acids is 3. The van der Waals surface area contributed by atoms with E-state index in [0.29, 0.717) is 18.1 Å². The second-order valence-electron chi connectivity index (χ2n) is 5.11. The minimum absolute atomic E-state index is 0.136. The van der Waals surface area contributed by atoms with Crippen LogP contribution in [0.15, 0.2) is 42.5 Å². The summed E-state index contributed by atoms with van der Waals surface area (Å²) >= 11 is 0. The molecule has 2 rings (SSSR count). The second-order valence-corrected chi connectivity index (χ2v) is 5.11. The molecule has 0 saturated carbocycles. The van der Waals surface area contributed by atoms with Crippen LogP contribution in [0.2, 0.25) is 0 Å². The van der Waals surface area contributed by atoms with E-state index in [4.69, 9.17) is 5.73 Å². The summed E-state index contributed by atoms with van der Waals surface area (Å²) in [5.41, 5.74) is 5.74. The standard InChI is InChI=1S/C17H18N4O3/c1-2-5-15(22)20-13-8-4-9-14(19-13)21-17(24)12-7-3-6-11(10-12)16(18)23/h3-4,6-10H,2,5H2,1H3,(H2,18,23)(H2,19,20,21,22,24). The first-order valence-corrected chi connectivity index (χ1v) is 7.47. The lowest BCUT2D eigenvalue weighted by atomic mass is 10.1. The van der Waals surface area contributed by atoms with Gasteiger partial charge < -0.3 is 16.4 Å². The number of primary amides is 1. The van der Waals surface area contributed by atoms with Gasteiger partial charge in [-0.1, -0.05) is 19.1 Å². The maximum Gasteiger partial charge on any atom is 0.256 e. The lowest BCUT2D eigenvalue weighted by Crippen LogP contribution is -2.17. The van der Waals surface area contributed by atoms with Crippen LogP contribution in [0.4, 0.5) is 11.6 Å². The number of nitrogens with two attached hydrogens (primary N) is 1. The molecule has 0 bridgehead atoms. The quantitative estimate of drug-likeness (QED) is 0.754. The summed E-state index contributed by atoms with van der Waals surface area (Å²) in [5.74, 6) is -0.524. The van der Waals surface area contributed by atoms with E-state index in [9.17, 15) is 14.4 Å². The van der Waals surface area contributed by atoms with Crippen molar-refractivity contribution in [2.75, 3.05) is 10.6 Å². The molecule has 4 N–H and O–H groups in total. The minimum atomic E-state index is -0.608. The lowest BCUT2D eigenvalue weighted by Gasteiger charge is -2.08. The highest BCUT2D eigenvalue weighted by atomic mass is 16.2. The summed E-state index contributed by atoms with van der Waals surface area (Å²) in [7, 11) is 0. The van der Waals surface area contributed by atoms with E-state index in [0.717, 1.165) is 6.42 Å². The maximum atomic E-state index is 12.2. The Morgan fingerprint density at radius 2 is 1.62 bits per heavy atom. The largest absolute Gasteiger partial charge is 0.366 e. The number of carbonyl (C=O) groups is 3. The third kappa shape index (κ3) is 4.64. The molecule has 7 heteroatoms. The van der Waals surface area contributed by atoms with Crippen molar-refractivity contribution in [3.8, 4) is 0 Å². The Morgan fingerprint density at radius 3 is 2.29 bits per heavy atom. The van der Waals surface area contributed by atoms with Crippen molar-refractivity contribution >= 4 is 29.4 Å². The Balaban J connectivity index is 2.10. The fraction of sp³-hybridized carbons (Fsp3) is 0.176. The highest BCUT2D eigenvalue weighted by molar-refractivity contribution is 6.05. The summed E-state index contributed by atoms with van der Waals surface area (Å²) in [6, 6.07) is 11.0. The van der Waals surface area contributed by atoms with Gasteiger partial charge in [-0.05, 0) is 36.8 Å². The molecule has 1 aromatic heterocycles. The van der Waals surface area contributed by atoms with Gasteiger partial charge in [0, 0.05) is 17.5 Å². The number of rotatable bonds is 6. The normalized spacial score (nSPS) is 10.0. The van der Waals surface area contributed by atoms with E-state index in [2.05, 4.69) is 15.6 Å². The number of benzene rings is 1. The van der Waals surface area contributed by atoms with Gasteiger partial charge in [-0.2, -0.15) is 0 Å². The zero-order chi connectivity index (χ0) is 17.5. The van der Waals surface area contributed by atoms with E-state index < -0.39 is 11.8 Å². The van der Waals surface area contributed by atoms with Crippen molar-refractivity contribution in [3.05, 3.63) is 53.6 Å². The van der Waals surface area contributed by atoms with Crippen LogP contribution in [0.25, 0.3) is 0 Å². The summed E-state index contributed by atoms with van der Waals surface area (Å²) in [5, 5.41) is 5.27. The van der Waals surface area contributed by atoms with Gasteiger partial charge in [0.15, 0.2) is 0 Å². The van der Waals surface area contributed by atoms with Gasteiger partial charge in [0.1, 0.15) is 11.6 Å². The van der Waals surface area contributed by atoms with E-state index >= 15 is 0 Å². The Hall–Kier alpha value is -3.22. The molecule has 1 heterocycles. The molecular formula is C17H18N4O3. The number of hydrogen-bond donors (Lipinski definition) is 3. The monoisotopic (exact) mass is 326 g/mol. The molecule has 0 aliphatic carbocycles. The number of nitrogens with one attached hydrogen (secondary N) is 2. The van der Waals surface area contributed by atoms with Crippen molar-refractivity contribution in [2.24, 2.45) is 5.73 Å². The third-order valence-corrected chi connectivity index (χ3v) is 3.14. The topological polar surface area (TPSA) is 114 Å². The summed E-state index contributed by atoms with van der Waals surface area (Å²) in [4.78, 5) is 39.2. The fourth-order valence-corrected chi connectivity index (χ4v) is 2.01. The lowest BCUT2D eigenvalue weighted by molar-refractivity contribution is -0.116. The SMILES string of the molecule is CCCC(=O)Nc1cccc(NC(=O)c2cccc(C(N)=O)c2)n1. The molecule has 124 valence electrons. The van der Waals surface area contributed by atoms with E-state index in [1.807, 2.05) is 6.92 Å². The van der Waals surface area contributed by atoms with Gasteiger partial charge in [0.05, 0.1) is 0 Å². The van der Waals surface area contributed by atoms with Crippen LogP contribution in [0.3, 0.4) is 0 Å². The van der Waals surface area contributed by atoms with Crippen LogP contribution in [-0.4, -0.2) is 22.7 Å². The van der Waals surface area contributed by atoms with Crippen molar-refractivity contribution in [3.63, 3.8) is 0 Å². The highest BCUT2D eigenvalue weighted by Crippen LogP contribution is 2.12. The van der Waals surface area contributed by atoms with Crippen LogP contribution < -0.4 is 16.4 Å². The number of nitrogens with zero attached hydrogens (tertiary/aromatic N) is 1. The molecule has 7 nitrogen and oxygen atoms in total. The molecule has 24 heavy (non-hydrogen) atoms. The summed E-state index contributed by atoms with van der Waals surface area (Å²) in [6.07, 6.45) is 1.14. The molecule has 1 aromatic carbocycles. The van der Waals surface area contributed by atoms with Crippen molar-refractivity contribution in [2.45, 2.75) is 19.8 Å². The number of hydrogen-bond acceptors (Lipinski definition) is 4. The Kier molecular flexibility index (Phi) is 5.62. The Labute approximate surface area is 139 Å². The molecule has 0 radical (unpaired) electrons. The Morgan fingerprint density at radius 1 is 1.00 bits per heavy atom. The minimum Gasteiger partial charge on any atom is -0.366 e. The van der Waals surface area contributed by atoms with E-state index in [1.165, 1.54) is 12.1 Å². The Bertz CT molecular complexity index is 774. The predicted molar refractivity (Wildman–Crippen MR) is 90.7 cm³/mol. The van der Waals surface area contributed by atoms with Crippen molar-refractivity contribution in [1.82, 2.24) is 4.98 Å². The molecule has 0 fully saturated rings. The average molecular weight is 326 g/mol. The molecule has 0 atom stereocenters. The van der Waals surface area contributed by atoms with E-state index in [1.54, 1.807) is 30.3 Å². The van der Waals surface area contributed by atoms with Crippen LogP contribution in [0.1, 0.15) is 40.5 Å². The van der Waals surface area contributed by atoms with Gasteiger partial charge in [0.25, 0.3) is 5.91 Å². The molecule has 0 spiro atoms. The van der Waals surface area contributed by atoms with Gasteiger partial charge in [-0.3, -0.25) is 14.4 Å². The third-order valence-electron chi connectivity index (χ3n) is 3.14. The van der Waals surface area contributed by atoms with Crippen LogP contribution in [-0.2, 0) is 4.79 Å². The molecule has 0 aliphatic rings. The first-order chi connectivity index (χ1) is 11.5. The van der Waals surface area contributed by atoms with Gasteiger partial charge in [0.2, 0.25) is 11.8 Å². The molecule has 0 aliphatic heterocycles. The van der Waals surface area contributed by atoms with Gasteiger partial charge >= 0.3 is 0 Å². The molecular weight excluding hydrogens is 308 g/mol. The van der Waals surface area contributed by atoms with Crippen LogP contribution in [0, 0.1) is 0 Å². The van der Waals surface area contributed by atoms with Gasteiger partial charge in [-0.25, -0.2) is 4.98 Å². The second kappa shape index (κ2) is 7.87. The predicted octanol–water partition coefficient (Wildman–Crippen LogP) is 2.17. The summed E-state index contributed by atoms with van der Waals surface area (Å²) in [6.45, 7) is 1.91. The molecule has 3 amide bonds. The van der Waals surface area contributed by atoms with Crippen LogP contribution >= 0.6 is 0 Å². The smallest absolute Gasteiger partial charge is 0.256 e. The average Bonchev–Trinajstić information content (AvgIpc) is 2.55. The number of aromatic nitrogens is 1. The van der Waals surface area contributed by atoms with Crippen molar-refractivity contribution in [1.29, 1.82) is 0 Å². The number of anilines is 2. The number of amides is 3. The fourth-order valence-electron chi connectivity index (χ4n) is 2.01.